The molecule has 5 rings (SSSR count). The lowest BCUT2D eigenvalue weighted by molar-refractivity contribution is -0.137. The minimum absolute atomic E-state index is 0.0189. The van der Waals surface area contributed by atoms with E-state index in [2.05, 4.69) is 41.9 Å². The van der Waals surface area contributed by atoms with Gasteiger partial charge in [0.2, 0.25) is 5.91 Å². The number of imidazole rings is 1. The molecule has 2 aliphatic rings. The number of piperidine rings is 1. The Morgan fingerprint density at radius 3 is 2.82 bits per heavy atom. The van der Waals surface area contributed by atoms with Crippen LogP contribution in [0, 0.1) is 0 Å². The van der Waals surface area contributed by atoms with Crippen LogP contribution in [0.3, 0.4) is 0 Å². The highest BCUT2D eigenvalue weighted by atomic mass is 16.5. The minimum atomic E-state index is -0.137. The molecule has 1 aromatic heterocycles. The van der Waals surface area contributed by atoms with E-state index >= 15 is 0 Å². The Balaban J connectivity index is 1.28. The molecule has 7 nitrogen and oxygen atoms in total. The first kappa shape index (κ1) is 26.0. The standard InChI is InChI=1S/C31H38N4O3/c1-22(2)31-33-25-13-5-7-16-27(25)35(31)20-10-18-30(37)34-19-9-14-24-26(34)15-6-3-11-23-12-4-8-17-28(23)38-21-29(36)32-24/h3-8,12-13,16-17,22,24,26H,9-11,14-15,18-21H2,1-2H3,(H,32,36)/b6-3+/t24-,26-/m1/s1. The highest BCUT2D eigenvalue weighted by Gasteiger charge is 2.34. The minimum Gasteiger partial charge on any atom is -0.483 e. The van der Waals surface area contributed by atoms with Gasteiger partial charge in [-0.25, -0.2) is 4.98 Å². The number of aryl methyl sites for hydroxylation is 1. The maximum Gasteiger partial charge on any atom is 0.258 e. The third-order valence-corrected chi connectivity index (χ3v) is 7.63. The molecular weight excluding hydrogens is 476 g/mol. The van der Waals surface area contributed by atoms with Gasteiger partial charge in [-0.05, 0) is 55.9 Å². The molecule has 0 radical (unpaired) electrons. The fraction of sp³-hybridized carbons (Fsp3) is 0.452. The molecule has 2 atom stereocenters. The lowest BCUT2D eigenvalue weighted by atomic mass is 9.92. The van der Waals surface area contributed by atoms with Crippen molar-refractivity contribution in [1.29, 1.82) is 0 Å². The van der Waals surface area contributed by atoms with Gasteiger partial charge in [0.1, 0.15) is 11.6 Å². The molecule has 0 unspecified atom stereocenters. The van der Waals surface area contributed by atoms with Crippen LogP contribution >= 0.6 is 0 Å². The third kappa shape index (κ3) is 5.77. The summed E-state index contributed by atoms with van der Waals surface area (Å²) in [6, 6.07) is 15.9. The predicted molar refractivity (Wildman–Crippen MR) is 149 cm³/mol. The Labute approximate surface area is 224 Å². The van der Waals surface area contributed by atoms with Crippen LogP contribution < -0.4 is 10.1 Å². The molecule has 38 heavy (non-hydrogen) atoms. The number of carbonyl (C=O) groups excluding carboxylic acids is 2. The zero-order valence-electron chi connectivity index (χ0n) is 22.4. The number of nitrogens with zero attached hydrogens (tertiary/aromatic N) is 3. The number of amides is 2. The van der Waals surface area contributed by atoms with E-state index in [0.29, 0.717) is 12.3 Å². The van der Waals surface area contributed by atoms with E-state index in [1.54, 1.807) is 0 Å². The van der Waals surface area contributed by atoms with Crippen LogP contribution in [0.5, 0.6) is 5.75 Å². The van der Waals surface area contributed by atoms with Crippen LogP contribution in [0.15, 0.2) is 60.7 Å². The second-order valence-electron chi connectivity index (χ2n) is 10.6. The van der Waals surface area contributed by atoms with E-state index in [4.69, 9.17) is 9.72 Å². The van der Waals surface area contributed by atoms with Crippen LogP contribution in [0.1, 0.15) is 63.3 Å². The molecule has 3 aromatic rings. The van der Waals surface area contributed by atoms with Crippen molar-refractivity contribution in [3.63, 3.8) is 0 Å². The van der Waals surface area contributed by atoms with E-state index < -0.39 is 0 Å². The summed E-state index contributed by atoms with van der Waals surface area (Å²) >= 11 is 0. The van der Waals surface area contributed by atoms with Gasteiger partial charge in [-0.15, -0.1) is 0 Å². The summed E-state index contributed by atoms with van der Waals surface area (Å²) < 4.78 is 8.11. The van der Waals surface area contributed by atoms with Gasteiger partial charge in [-0.3, -0.25) is 9.59 Å². The molecule has 7 heteroatoms. The molecule has 2 aromatic carbocycles. The molecular formula is C31H38N4O3. The zero-order valence-corrected chi connectivity index (χ0v) is 22.4. The Kier molecular flexibility index (Phi) is 8.11. The molecule has 0 bridgehead atoms. The topological polar surface area (TPSA) is 76.5 Å². The van der Waals surface area contributed by atoms with Crippen molar-refractivity contribution in [2.75, 3.05) is 13.2 Å². The highest BCUT2D eigenvalue weighted by molar-refractivity contribution is 5.79. The molecule has 3 heterocycles. The van der Waals surface area contributed by atoms with Crippen molar-refractivity contribution in [2.45, 2.75) is 76.9 Å². The molecule has 2 amide bonds. The Morgan fingerprint density at radius 1 is 1.13 bits per heavy atom. The van der Waals surface area contributed by atoms with Gasteiger partial charge >= 0.3 is 0 Å². The quantitative estimate of drug-likeness (QED) is 0.487. The maximum absolute atomic E-state index is 13.5. The van der Waals surface area contributed by atoms with Gasteiger partial charge < -0.3 is 19.5 Å². The summed E-state index contributed by atoms with van der Waals surface area (Å²) in [5.41, 5.74) is 3.18. The average Bonchev–Trinajstić information content (AvgIpc) is 3.29. The second kappa shape index (κ2) is 11.8. The van der Waals surface area contributed by atoms with Crippen molar-refractivity contribution < 1.29 is 14.3 Å². The van der Waals surface area contributed by atoms with Crippen LogP contribution in [0.25, 0.3) is 11.0 Å². The summed E-state index contributed by atoms with van der Waals surface area (Å²) in [5.74, 6) is 2.14. The van der Waals surface area contributed by atoms with E-state index in [1.165, 1.54) is 0 Å². The first-order chi connectivity index (χ1) is 18.5. The summed E-state index contributed by atoms with van der Waals surface area (Å²) in [7, 11) is 0. The highest BCUT2D eigenvalue weighted by Crippen LogP contribution is 2.26. The molecule has 0 aliphatic carbocycles. The van der Waals surface area contributed by atoms with Crippen molar-refractivity contribution in [1.82, 2.24) is 19.8 Å². The number of fused-ring (bicyclic) bond motifs is 3. The van der Waals surface area contributed by atoms with Crippen molar-refractivity contribution in [2.24, 2.45) is 0 Å². The van der Waals surface area contributed by atoms with Crippen LogP contribution in [0.4, 0.5) is 0 Å². The number of carbonyl (C=O) groups is 2. The normalized spacial score (nSPS) is 21.0. The number of nitrogens with one attached hydrogen (secondary N) is 1. The number of hydrogen-bond acceptors (Lipinski definition) is 4. The molecule has 200 valence electrons. The van der Waals surface area contributed by atoms with Crippen molar-refractivity contribution in [3.8, 4) is 5.75 Å². The Morgan fingerprint density at radius 2 is 1.95 bits per heavy atom. The number of para-hydroxylation sites is 3. The molecule has 0 spiro atoms. The lowest BCUT2D eigenvalue weighted by Gasteiger charge is -2.41. The second-order valence-corrected chi connectivity index (χ2v) is 10.6. The predicted octanol–water partition coefficient (Wildman–Crippen LogP) is 5.00. The van der Waals surface area contributed by atoms with Gasteiger partial charge in [0.25, 0.3) is 5.91 Å². The number of allylic oxidation sites excluding steroid dienone is 1. The first-order valence-electron chi connectivity index (χ1n) is 13.9. The maximum atomic E-state index is 13.5. The van der Waals surface area contributed by atoms with Gasteiger partial charge in [0.15, 0.2) is 6.61 Å². The molecule has 0 saturated carbocycles. The summed E-state index contributed by atoms with van der Waals surface area (Å²) in [6.45, 7) is 5.79. The SMILES string of the molecule is CC(C)c1nc2ccccc2n1CCCC(=O)N1CCC[C@H]2NC(=O)COc3ccccc3C/C=C/C[C@H]21. The van der Waals surface area contributed by atoms with Gasteiger partial charge in [-0.1, -0.05) is 56.3 Å². The van der Waals surface area contributed by atoms with E-state index in [0.717, 1.165) is 73.4 Å². The number of rotatable bonds is 5. The fourth-order valence-corrected chi connectivity index (χ4v) is 5.78. The van der Waals surface area contributed by atoms with Gasteiger partial charge in [0, 0.05) is 31.5 Å². The summed E-state index contributed by atoms with van der Waals surface area (Å²) in [4.78, 5) is 33.1. The van der Waals surface area contributed by atoms with E-state index in [-0.39, 0.29) is 30.5 Å². The number of aromatic nitrogens is 2. The summed E-state index contributed by atoms with van der Waals surface area (Å²) in [6.07, 6.45) is 8.73. The van der Waals surface area contributed by atoms with Crippen molar-refractivity contribution in [3.05, 3.63) is 72.1 Å². The van der Waals surface area contributed by atoms with Crippen LogP contribution in [0.2, 0.25) is 0 Å². The number of ether oxygens (including phenoxy) is 1. The number of hydrogen-bond donors (Lipinski definition) is 1. The first-order valence-corrected chi connectivity index (χ1v) is 13.9. The number of likely N-dealkylation sites (tertiary alicyclic amines) is 1. The number of benzene rings is 2. The lowest BCUT2D eigenvalue weighted by Crippen LogP contribution is -2.57. The van der Waals surface area contributed by atoms with E-state index in [1.807, 2.05) is 47.4 Å². The van der Waals surface area contributed by atoms with Gasteiger partial charge in [-0.2, -0.15) is 0 Å². The van der Waals surface area contributed by atoms with Crippen molar-refractivity contribution >= 4 is 22.8 Å². The van der Waals surface area contributed by atoms with Gasteiger partial charge in [0.05, 0.1) is 17.1 Å². The Hall–Kier alpha value is -3.61. The third-order valence-electron chi connectivity index (χ3n) is 7.63. The van der Waals surface area contributed by atoms with Crippen LogP contribution in [-0.2, 0) is 22.6 Å². The Bertz CT molecular complexity index is 1310. The van der Waals surface area contributed by atoms with E-state index in [9.17, 15) is 9.59 Å². The molecule has 1 N–H and O–H groups in total. The average molecular weight is 515 g/mol. The molecule has 2 aliphatic heterocycles. The zero-order chi connectivity index (χ0) is 26.5. The van der Waals surface area contributed by atoms with Crippen LogP contribution in [-0.4, -0.2) is 51.5 Å². The fourth-order valence-electron chi connectivity index (χ4n) is 5.78. The summed E-state index contributed by atoms with van der Waals surface area (Å²) in [5, 5.41) is 3.17. The smallest absolute Gasteiger partial charge is 0.258 e. The largest absolute Gasteiger partial charge is 0.483 e. The molecule has 1 saturated heterocycles. The monoisotopic (exact) mass is 514 g/mol. The molecule has 1 fully saturated rings.